The number of urea groups is 1. The quantitative estimate of drug-likeness (QED) is 0.719. The fourth-order valence-electron chi connectivity index (χ4n) is 3.18. The number of amides is 2. The molecule has 0 aliphatic carbocycles. The fourth-order valence-corrected chi connectivity index (χ4v) is 4.45. The Balaban J connectivity index is 1.81. The number of rotatable bonds is 7. The Morgan fingerprint density at radius 2 is 1.72 bits per heavy atom. The van der Waals surface area contributed by atoms with Crippen molar-refractivity contribution in [3.05, 3.63) is 42.0 Å². The number of hydrogen-bond acceptors (Lipinski definition) is 6. The molecule has 0 spiro atoms. The summed E-state index contributed by atoms with van der Waals surface area (Å²) in [5.74, 6) is 3.44. The maximum atomic E-state index is 13.0. The van der Waals surface area contributed by atoms with E-state index in [4.69, 9.17) is 18.9 Å². The molecule has 1 N–H and O–H groups in total. The SMILES string of the molecule is CCOc1ccc(NC(=O)N2CCSC2c2cc(OC)c(OC)cc2OC)cc1. The molecule has 1 fully saturated rings. The highest BCUT2D eigenvalue weighted by Gasteiger charge is 2.33. The van der Waals surface area contributed by atoms with Crippen LogP contribution in [0.3, 0.4) is 0 Å². The molecule has 29 heavy (non-hydrogen) atoms. The van der Waals surface area contributed by atoms with Crippen LogP contribution in [0.1, 0.15) is 17.9 Å². The third-order valence-corrected chi connectivity index (χ3v) is 5.81. The van der Waals surface area contributed by atoms with Gasteiger partial charge in [0.25, 0.3) is 0 Å². The Labute approximate surface area is 175 Å². The van der Waals surface area contributed by atoms with Crippen molar-refractivity contribution in [3.63, 3.8) is 0 Å². The minimum atomic E-state index is -0.188. The van der Waals surface area contributed by atoms with Gasteiger partial charge in [0, 0.05) is 29.6 Å². The van der Waals surface area contributed by atoms with Crippen molar-refractivity contribution in [3.8, 4) is 23.0 Å². The molecule has 0 aromatic heterocycles. The first kappa shape index (κ1) is 21.0. The van der Waals surface area contributed by atoms with Crippen LogP contribution in [-0.4, -0.2) is 51.2 Å². The van der Waals surface area contributed by atoms with E-state index in [1.807, 2.05) is 37.3 Å². The van der Waals surface area contributed by atoms with Crippen molar-refractivity contribution in [2.75, 3.05) is 45.6 Å². The number of benzene rings is 2. The molecule has 1 atom stereocenters. The number of carbonyl (C=O) groups excluding carboxylic acids is 1. The Hall–Kier alpha value is -2.74. The zero-order valence-electron chi connectivity index (χ0n) is 17.1. The summed E-state index contributed by atoms with van der Waals surface area (Å²) in [4.78, 5) is 14.8. The van der Waals surface area contributed by atoms with Crippen LogP contribution in [0.4, 0.5) is 10.5 Å². The molecule has 7 nitrogen and oxygen atoms in total. The Kier molecular flexibility index (Phi) is 6.98. The lowest BCUT2D eigenvalue weighted by Gasteiger charge is -2.26. The first-order valence-electron chi connectivity index (χ1n) is 9.33. The van der Waals surface area contributed by atoms with Crippen molar-refractivity contribution in [2.24, 2.45) is 0 Å². The summed E-state index contributed by atoms with van der Waals surface area (Å²) in [6.45, 7) is 3.17. The number of carbonyl (C=O) groups is 1. The number of hydrogen-bond donors (Lipinski definition) is 1. The first-order chi connectivity index (χ1) is 14.1. The monoisotopic (exact) mass is 418 g/mol. The molecule has 1 saturated heterocycles. The van der Waals surface area contributed by atoms with Gasteiger partial charge in [-0.05, 0) is 37.3 Å². The minimum absolute atomic E-state index is 0.166. The largest absolute Gasteiger partial charge is 0.496 e. The van der Waals surface area contributed by atoms with E-state index in [9.17, 15) is 4.79 Å². The maximum Gasteiger partial charge on any atom is 0.323 e. The van der Waals surface area contributed by atoms with Crippen LogP contribution in [0.15, 0.2) is 36.4 Å². The highest BCUT2D eigenvalue weighted by molar-refractivity contribution is 7.99. The van der Waals surface area contributed by atoms with E-state index in [2.05, 4.69) is 5.32 Å². The van der Waals surface area contributed by atoms with Crippen LogP contribution in [0, 0.1) is 0 Å². The second-order valence-electron chi connectivity index (χ2n) is 6.25. The van der Waals surface area contributed by atoms with Gasteiger partial charge in [-0.25, -0.2) is 4.79 Å². The number of anilines is 1. The molecule has 1 aliphatic heterocycles. The van der Waals surface area contributed by atoms with Crippen LogP contribution in [-0.2, 0) is 0 Å². The average molecular weight is 419 g/mol. The van der Waals surface area contributed by atoms with Crippen molar-refractivity contribution < 1.29 is 23.7 Å². The average Bonchev–Trinajstić information content (AvgIpc) is 3.24. The van der Waals surface area contributed by atoms with Crippen LogP contribution in [0.2, 0.25) is 0 Å². The molecule has 2 amide bonds. The van der Waals surface area contributed by atoms with Crippen molar-refractivity contribution >= 4 is 23.5 Å². The van der Waals surface area contributed by atoms with Gasteiger partial charge < -0.3 is 29.2 Å². The number of methoxy groups -OCH3 is 3. The first-order valence-corrected chi connectivity index (χ1v) is 10.4. The van der Waals surface area contributed by atoms with Crippen LogP contribution >= 0.6 is 11.8 Å². The predicted molar refractivity (Wildman–Crippen MR) is 115 cm³/mol. The Morgan fingerprint density at radius 3 is 2.34 bits per heavy atom. The van der Waals surface area contributed by atoms with Gasteiger partial charge in [-0.2, -0.15) is 0 Å². The van der Waals surface area contributed by atoms with Gasteiger partial charge in [-0.3, -0.25) is 0 Å². The molecule has 2 aromatic rings. The third kappa shape index (κ3) is 4.64. The van der Waals surface area contributed by atoms with Crippen LogP contribution in [0.25, 0.3) is 0 Å². The van der Waals surface area contributed by atoms with Crippen LogP contribution < -0.4 is 24.3 Å². The normalized spacial score (nSPS) is 15.7. The molecular formula is C21H26N2O5S. The molecule has 0 radical (unpaired) electrons. The van der Waals surface area contributed by atoms with E-state index in [0.29, 0.717) is 36.1 Å². The summed E-state index contributed by atoms with van der Waals surface area (Å²) >= 11 is 1.68. The number of nitrogens with one attached hydrogen (secondary N) is 1. The maximum absolute atomic E-state index is 13.0. The predicted octanol–water partition coefficient (Wildman–Crippen LogP) is 4.39. The van der Waals surface area contributed by atoms with Gasteiger partial charge in [-0.15, -0.1) is 11.8 Å². The van der Waals surface area contributed by atoms with Gasteiger partial charge in [0.2, 0.25) is 0 Å². The van der Waals surface area contributed by atoms with E-state index in [0.717, 1.165) is 17.1 Å². The summed E-state index contributed by atoms with van der Waals surface area (Å²) in [6.07, 6.45) is 0. The molecule has 0 bridgehead atoms. The lowest BCUT2D eigenvalue weighted by Crippen LogP contribution is -2.34. The van der Waals surface area contributed by atoms with Gasteiger partial charge in [-0.1, -0.05) is 0 Å². The molecule has 8 heteroatoms. The van der Waals surface area contributed by atoms with Crippen molar-refractivity contribution in [1.29, 1.82) is 0 Å². The van der Waals surface area contributed by atoms with Gasteiger partial charge in [0.1, 0.15) is 16.9 Å². The second kappa shape index (κ2) is 9.65. The topological polar surface area (TPSA) is 69.3 Å². The zero-order chi connectivity index (χ0) is 20.8. The smallest absolute Gasteiger partial charge is 0.323 e. The molecule has 2 aromatic carbocycles. The zero-order valence-corrected chi connectivity index (χ0v) is 17.9. The number of ether oxygens (including phenoxy) is 4. The molecule has 1 aliphatic rings. The van der Waals surface area contributed by atoms with Crippen LogP contribution in [0.5, 0.6) is 23.0 Å². The summed E-state index contributed by atoms with van der Waals surface area (Å²) < 4.78 is 21.8. The van der Waals surface area contributed by atoms with E-state index in [-0.39, 0.29) is 11.4 Å². The fraction of sp³-hybridized carbons (Fsp3) is 0.381. The van der Waals surface area contributed by atoms with Crippen molar-refractivity contribution in [1.82, 2.24) is 4.90 Å². The highest BCUT2D eigenvalue weighted by Crippen LogP contribution is 2.46. The Morgan fingerprint density at radius 1 is 1.07 bits per heavy atom. The van der Waals surface area contributed by atoms with Gasteiger partial charge in [0.05, 0.1) is 27.9 Å². The standard InChI is InChI=1S/C21H26N2O5S/c1-5-28-15-8-6-14(7-9-15)22-21(24)23-10-11-29-20(23)16-12-18(26-3)19(27-4)13-17(16)25-2/h6-9,12-13,20H,5,10-11H2,1-4H3,(H,22,24). The highest BCUT2D eigenvalue weighted by atomic mass is 32.2. The molecule has 156 valence electrons. The molecule has 1 unspecified atom stereocenters. The van der Waals surface area contributed by atoms with Gasteiger partial charge >= 0.3 is 6.03 Å². The van der Waals surface area contributed by atoms with E-state index in [1.54, 1.807) is 44.1 Å². The Bertz CT molecular complexity index is 844. The molecular weight excluding hydrogens is 392 g/mol. The summed E-state index contributed by atoms with van der Waals surface area (Å²) in [5.41, 5.74) is 1.59. The lowest BCUT2D eigenvalue weighted by molar-refractivity contribution is 0.213. The second-order valence-corrected chi connectivity index (χ2v) is 7.44. The number of thioether (sulfide) groups is 1. The molecule has 3 rings (SSSR count). The van der Waals surface area contributed by atoms with E-state index in [1.165, 1.54) is 0 Å². The summed E-state index contributed by atoms with van der Waals surface area (Å²) in [6, 6.07) is 10.8. The van der Waals surface area contributed by atoms with E-state index >= 15 is 0 Å². The van der Waals surface area contributed by atoms with Crippen molar-refractivity contribution in [2.45, 2.75) is 12.3 Å². The minimum Gasteiger partial charge on any atom is -0.496 e. The van der Waals surface area contributed by atoms with E-state index < -0.39 is 0 Å². The lowest BCUT2D eigenvalue weighted by atomic mass is 10.1. The molecule has 1 heterocycles. The molecule has 0 saturated carbocycles. The summed E-state index contributed by atoms with van der Waals surface area (Å²) in [7, 11) is 4.78. The van der Waals surface area contributed by atoms with Gasteiger partial charge in [0.15, 0.2) is 11.5 Å². The third-order valence-electron chi connectivity index (χ3n) is 4.57. The number of nitrogens with zero attached hydrogens (tertiary/aromatic N) is 1. The summed E-state index contributed by atoms with van der Waals surface area (Å²) in [5, 5.41) is 2.78.